The normalized spacial score (nSPS) is 11.0. The molecule has 0 aromatic carbocycles. The summed E-state index contributed by atoms with van der Waals surface area (Å²) in [5.41, 5.74) is 9.97. The number of rotatable bonds is 7. The number of hydrogen-bond acceptors (Lipinski definition) is 7. The van der Waals surface area contributed by atoms with E-state index in [1.54, 1.807) is 46.3 Å². The maximum absolute atomic E-state index is 12.7. The van der Waals surface area contributed by atoms with Gasteiger partial charge in [-0.15, -0.1) is 5.10 Å². The molecule has 9 heteroatoms. The van der Waals surface area contributed by atoms with E-state index >= 15 is 0 Å². The van der Waals surface area contributed by atoms with Crippen LogP contribution in [0.3, 0.4) is 0 Å². The molecule has 0 atom stereocenters. The van der Waals surface area contributed by atoms with Gasteiger partial charge in [-0.05, 0) is 30.7 Å². The van der Waals surface area contributed by atoms with E-state index in [-0.39, 0.29) is 12.5 Å². The van der Waals surface area contributed by atoms with Crippen LogP contribution in [-0.4, -0.2) is 60.2 Å². The van der Waals surface area contributed by atoms with Gasteiger partial charge in [-0.1, -0.05) is 13.0 Å². The lowest BCUT2D eigenvalue weighted by molar-refractivity contribution is 0.0721. The molecule has 0 radical (unpaired) electrons. The van der Waals surface area contributed by atoms with Gasteiger partial charge in [0, 0.05) is 43.4 Å². The van der Waals surface area contributed by atoms with Gasteiger partial charge >= 0.3 is 0 Å². The second-order valence-corrected chi connectivity index (χ2v) is 7.03. The van der Waals surface area contributed by atoms with Crippen LogP contribution in [0.1, 0.15) is 23.7 Å². The Morgan fingerprint density at radius 1 is 1.10 bits per heavy atom. The molecule has 3 N–H and O–H groups in total. The lowest BCUT2D eigenvalue weighted by atomic mass is 10.1. The van der Waals surface area contributed by atoms with Crippen molar-refractivity contribution in [2.24, 2.45) is 0 Å². The van der Waals surface area contributed by atoms with Crippen molar-refractivity contribution in [2.75, 3.05) is 25.4 Å². The van der Waals surface area contributed by atoms with Crippen LogP contribution in [0.25, 0.3) is 28.2 Å². The highest BCUT2D eigenvalue weighted by atomic mass is 16.3. The molecule has 0 aliphatic rings. The van der Waals surface area contributed by atoms with Crippen LogP contribution in [0.2, 0.25) is 0 Å². The third kappa shape index (κ3) is 4.08. The quantitative estimate of drug-likeness (QED) is 0.473. The smallest absolute Gasteiger partial charge is 0.255 e. The number of pyridine rings is 2. The molecular weight excluding hydrogens is 394 g/mol. The summed E-state index contributed by atoms with van der Waals surface area (Å²) in [7, 11) is 0. The van der Waals surface area contributed by atoms with Crippen LogP contribution in [0.4, 0.5) is 5.82 Å². The van der Waals surface area contributed by atoms with Crippen LogP contribution < -0.4 is 5.73 Å². The predicted octanol–water partition coefficient (Wildman–Crippen LogP) is 2.28. The maximum Gasteiger partial charge on any atom is 0.255 e. The van der Waals surface area contributed by atoms with Crippen molar-refractivity contribution in [2.45, 2.75) is 13.3 Å². The highest BCUT2D eigenvalue weighted by molar-refractivity contribution is 5.94. The number of aromatic nitrogens is 5. The number of nitrogens with zero attached hydrogens (tertiary/aromatic N) is 6. The third-order valence-corrected chi connectivity index (χ3v) is 4.88. The van der Waals surface area contributed by atoms with Crippen molar-refractivity contribution in [3.8, 4) is 22.5 Å². The molecule has 0 fully saturated rings. The van der Waals surface area contributed by atoms with Gasteiger partial charge in [-0.2, -0.15) is 0 Å². The number of nitrogen functional groups attached to an aromatic ring is 1. The van der Waals surface area contributed by atoms with Gasteiger partial charge in [0.15, 0.2) is 11.5 Å². The summed E-state index contributed by atoms with van der Waals surface area (Å²) < 4.78 is 1.61. The number of nitrogens with two attached hydrogens (primary N) is 1. The van der Waals surface area contributed by atoms with Gasteiger partial charge < -0.3 is 15.7 Å². The number of amides is 1. The molecule has 4 heterocycles. The van der Waals surface area contributed by atoms with Crippen molar-refractivity contribution in [3.05, 3.63) is 60.7 Å². The summed E-state index contributed by atoms with van der Waals surface area (Å²) in [6.07, 6.45) is 7.54. The van der Waals surface area contributed by atoms with Gasteiger partial charge in [-0.25, -0.2) is 9.50 Å². The van der Waals surface area contributed by atoms with E-state index in [1.807, 2.05) is 25.1 Å². The second-order valence-electron chi connectivity index (χ2n) is 7.03. The van der Waals surface area contributed by atoms with Crippen molar-refractivity contribution < 1.29 is 9.90 Å². The minimum Gasteiger partial charge on any atom is -0.395 e. The first-order valence-electron chi connectivity index (χ1n) is 10.0. The number of anilines is 1. The first-order valence-corrected chi connectivity index (χ1v) is 10.0. The van der Waals surface area contributed by atoms with Crippen LogP contribution in [-0.2, 0) is 0 Å². The van der Waals surface area contributed by atoms with E-state index in [9.17, 15) is 9.90 Å². The monoisotopic (exact) mass is 417 g/mol. The summed E-state index contributed by atoms with van der Waals surface area (Å²) in [5, 5.41) is 13.6. The number of hydrogen-bond donors (Lipinski definition) is 2. The fourth-order valence-corrected chi connectivity index (χ4v) is 3.42. The molecule has 31 heavy (non-hydrogen) atoms. The summed E-state index contributed by atoms with van der Waals surface area (Å²) in [6, 6.07) is 9.08. The van der Waals surface area contributed by atoms with E-state index in [2.05, 4.69) is 20.1 Å². The molecule has 0 aliphatic carbocycles. The molecule has 4 aromatic rings. The maximum atomic E-state index is 12.7. The van der Waals surface area contributed by atoms with Crippen LogP contribution in [0.5, 0.6) is 0 Å². The fraction of sp³-hybridized carbons (Fsp3) is 0.227. The Morgan fingerprint density at radius 3 is 2.65 bits per heavy atom. The lowest BCUT2D eigenvalue weighted by Crippen LogP contribution is -2.34. The zero-order valence-electron chi connectivity index (χ0n) is 17.1. The van der Waals surface area contributed by atoms with Crippen LogP contribution in [0, 0.1) is 0 Å². The lowest BCUT2D eigenvalue weighted by Gasteiger charge is -2.20. The molecule has 158 valence electrons. The number of carbonyl (C=O) groups is 1. The summed E-state index contributed by atoms with van der Waals surface area (Å²) in [6.45, 7) is 2.80. The first-order chi connectivity index (χ1) is 15.1. The molecular formula is C22H23N7O2. The highest BCUT2D eigenvalue weighted by Gasteiger charge is 2.17. The molecule has 0 spiro atoms. The van der Waals surface area contributed by atoms with Gasteiger partial charge in [0.25, 0.3) is 5.91 Å². The van der Waals surface area contributed by atoms with E-state index in [4.69, 9.17) is 5.73 Å². The summed E-state index contributed by atoms with van der Waals surface area (Å²) >= 11 is 0. The van der Waals surface area contributed by atoms with Crippen molar-refractivity contribution in [3.63, 3.8) is 0 Å². The first kappa shape index (κ1) is 20.4. The molecule has 4 rings (SSSR count). The minimum atomic E-state index is -0.150. The van der Waals surface area contributed by atoms with E-state index < -0.39 is 0 Å². The average Bonchev–Trinajstić information content (AvgIpc) is 3.14. The zero-order chi connectivity index (χ0) is 21.8. The van der Waals surface area contributed by atoms with Crippen LogP contribution in [0.15, 0.2) is 55.1 Å². The average molecular weight is 417 g/mol. The van der Waals surface area contributed by atoms with E-state index in [0.717, 1.165) is 12.0 Å². The number of aliphatic hydroxyl groups is 1. The van der Waals surface area contributed by atoms with Crippen molar-refractivity contribution in [1.82, 2.24) is 29.5 Å². The highest BCUT2D eigenvalue weighted by Crippen LogP contribution is 2.28. The Balaban J connectivity index is 1.63. The Morgan fingerprint density at radius 2 is 1.97 bits per heavy atom. The van der Waals surface area contributed by atoms with E-state index in [1.165, 1.54) is 0 Å². The van der Waals surface area contributed by atoms with Crippen LogP contribution >= 0.6 is 0 Å². The molecule has 1 amide bonds. The molecule has 0 aliphatic heterocycles. The molecule has 0 bridgehead atoms. The predicted molar refractivity (Wildman–Crippen MR) is 117 cm³/mol. The minimum absolute atomic E-state index is 0.0730. The standard InChI is InChI=1S/C22H23N7O2/c1-2-9-28(10-11-30)22(31)15-6-7-17(25-12-15)16-13-26-21-19(18-5-3-4-8-24-18)20(23)27-29(21)14-16/h3-8,12-14,30H,2,9-11H2,1H3,(H2,23,27). The fourth-order valence-electron chi connectivity index (χ4n) is 3.42. The second kappa shape index (κ2) is 8.88. The molecule has 9 nitrogen and oxygen atoms in total. The Bertz CT molecular complexity index is 1180. The molecule has 0 unspecified atom stereocenters. The van der Waals surface area contributed by atoms with Gasteiger partial charge in [0.05, 0.1) is 29.1 Å². The SMILES string of the molecule is CCCN(CCO)C(=O)c1ccc(-c2cnc3c(-c4ccccn4)c(N)nn3c2)nc1. The Hall–Kier alpha value is -3.85. The number of aliphatic hydroxyl groups excluding tert-OH is 1. The molecule has 0 saturated heterocycles. The largest absolute Gasteiger partial charge is 0.395 e. The molecule has 4 aromatic heterocycles. The molecule has 0 saturated carbocycles. The van der Waals surface area contributed by atoms with E-state index in [0.29, 0.717) is 47.1 Å². The number of fused-ring (bicyclic) bond motifs is 1. The Labute approximate surface area is 179 Å². The van der Waals surface area contributed by atoms with Crippen molar-refractivity contribution >= 4 is 17.4 Å². The zero-order valence-corrected chi connectivity index (χ0v) is 17.1. The topological polar surface area (TPSA) is 123 Å². The summed E-state index contributed by atoms with van der Waals surface area (Å²) in [5.74, 6) is 0.195. The van der Waals surface area contributed by atoms with Gasteiger partial charge in [0.1, 0.15) is 0 Å². The van der Waals surface area contributed by atoms with Crippen molar-refractivity contribution in [1.29, 1.82) is 0 Å². The van der Waals surface area contributed by atoms with Gasteiger partial charge in [0.2, 0.25) is 0 Å². The number of carbonyl (C=O) groups excluding carboxylic acids is 1. The Kier molecular flexibility index (Phi) is 5.85. The summed E-state index contributed by atoms with van der Waals surface area (Å²) in [4.78, 5) is 27.6. The van der Waals surface area contributed by atoms with Gasteiger partial charge in [-0.3, -0.25) is 14.8 Å². The third-order valence-electron chi connectivity index (χ3n) is 4.88.